The van der Waals surface area contributed by atoms with Gasteiger partial charge in [-0.15, -0.1) is 24.0 Å². The van der Waals surface area contributed by atoms with Gasteiger partial charge in [0.25, 0.3) is 0 Å². The molecule has 0 heterocycles. The molecule has 0 bridgehead atoms. The van der Waals surface area contributed by atoms with Crippen molar-refractivity contribution in [2.75, 3.05) is 20.6 Å². The first-order chi connectivity index (χ1) is 9.38. The van der Waals surface area contributed by atoms with Gasteiger partial charge in [-0.2, -0.15) is 0 Å². The van der Waals surface area contributed by atoms with Crippen LogP contribution in [0.3, 0.4) is 0 Å². The molecule has 6 heteroatoms. The van der Waals surface area contributed by atoms with E-state index >= 15 is 0 Å². The number of guanidine groups is 1. The predicted octanol–water partition coefficient (Wildman–Crippen LogP) is 2.57. The molecule has 4 nitrogen and oxygen atoms in total. The molecule has 0 amide bonds. The van der Waals surface area contributed by atoms with Crippen LogP contribution >= 0.6 is 24.0 Å². The van der Waals surface area contributed by atoms with Gasteiger partial charge in [-0.1, -0.05) is 19.9 Å². The Balaban J connectivity index is 0.00000400. The Morgan fingerprint density at radius 1 is 1.38 bits per heavy atom. The lowest BCUT2D eigenvalue weighted by molar-refractivity contribution is 0.392. The van der Waals surface area contributed by atoms with Gasteiger partial charge in [0.15, 0.2) is 5.96 Å². The fraction of sp³-hybridized carbons (Fsp3) is 0.533. The molecule has 0 aromatic heterocycles. The Morgan fingerprint density at radius 3 is 2.62 bits per heavy atom. The molecule has 0 fully saturated rings. The van der Waals surface area contributed by atoms with Crippen LogP contribution in [0.4, 0.5) is 4.39 Å². The van der Waals surface area contributed by atoms with Gasteiger partial charge in [-0.3, -0.25) is 0 Å². The van der Waals surface area contributed by atoms with Crippen LogP contribution in [-0.2, 0) is 13.1 Å². The quantitative estimate of drug-likeness (QED) is 0.432. The lowest BCUT2D eigenvalue weighted by atomic mass is 10.1. The minimum absolute atomic E-state index is 0. The second kappa shape index (κ2) is 9.94. The molecule has 1 aromatic rings. The first-order valence-electron chi connectivity index (χ1n) is 6.84. The molecule has 0 aliphatic carbocycles. The zero-order valence-electron chi connectivity index (χ0n) is 13.2. The monoisotopic (exact) mass is 408 g/mol. The lowest BCUT2D eigenvalue weighted by Gasteiger charge is -2.12. The average molecular weight is 408 g/mol. The van der Waals surface area contributed by atoms with Crippen LogP contribution in [0.5, 0.6) is 0 Å². The summed E-state index contributed by atoms with van der Waals surface area (Å²) in [7, 11) is 3.83. The zero-order chi connectivity index (χ0) is 15.1. The molecule has 1 aromatic carbocycles. The maximum Gasteiger partial charge on any atom is 0.188 e. The Hall–Kier alpha value is -0.890. The van der Waals surface area contributed by atoms with Crippen LogP contribution in [0, 0.1) is 11.7 Å². The summed E-state index contributed by atoms with van der Waals surface area (Å²) >= 11 is 0. The standard InChI is InChI=1S/C15H25FN4.HI/c1-11(2)8-18-15(17)19-9-12-5-6-14(16)13(7-12)10-20(3)4;/h5-7,11H,8-10H2,1-4H3,(H3,17,18,19);1H. The van der Waals surface area contributed by atoms with Crippen LogP contribution in [-0.4, -0.2) is 31.5 Å². The second-order valence-electron chi connectivity index (χ2n) is 5.64. The first-order valence-corrected chi connectivity index (χ1v) is 6.84. The summed E-state index contributed by atoms with van der Waals surface area (Å²) in [6, 6.07) is 5.07. The van der Waals surface area contributed by atoms with Crippen LogP contribution in [0.15, 0.2) is 23.2 Å². The molecular weight excluding hydrogens is 382 g/mol. The average Bonchev–Trinajstić information content (AvgIpc) is 2.36. The molecule has 0 aliphatic rings. The number of halogens is 2. The minimum Gasteiger partial charge on any atom is -0.370 e. The SMILES string of the molecule is CC(C)CNC(N)=NCc1ccc(F)c(CN(C)C)c1.I. The van der Waals surface area contributed by atoms with Gasteiger partial charge < -0.3 is 16.0 Å². The van der Waals surface area contributed by atoms with Crippen molar-refractivity contribution in [1.29, 1.82) is 0 Å². The van der Waals surface area contributed by atoms with E-state index < -0.39 is 0 Å². The number of rotatable bonds is 6. The Kier molecular flexibility index (Phi) is 9.52. The van der Waals surface area contributed by atoms with E-state index in [2.05, 4.69) is 24.2 Å². The molecule has 21 heavy (non-hydrogen) atoms. The van der Waals surface area contributed by atoms with Crippen LogP contribution in [0.1, 0.15) is 25.0 Å². The number of nitrogens with one attached hydrogen (secondary N) is 1. The van der Waals surface area contributed by atoms with Gasteiger partial charge in [-0.05, 0) is 37.7 Å². The molecule has 0 saturated heterocycles. The maximum atomic E-state index is 13.6. The van der Waals surface area contributed by atoms with E-state index in [0.29, 0.717) is 30.5 Å². The highest BCUT2D eigenvalue weighted by Gasteiger charge is 2.05. The van der Waals surface area contributed by atoms with Gasteiger partial charge >= 0.3 is 0 Å². The molecule has 0 unspecified atom stereocenters. The molecule has 0 radical (unpaired) electrons. The normalized spacial score (nSPS) is 11.7. The van der Waals surface area contributed by atoms with Crippen LogP contribution in [0.2, 0.25) is 0 Å². The Labute approximate surface area is 144 Å². The molecule has 0 saturated carbocycles. The minimum atomic E-state index is -0.183. The molecule has 120 valence electrons. The van der Waals surface area contributed by atoms with Crippen molar-refractivity contribution >= 4 is 29.9 Å². The fourth-order valence-electron chi connectivity index (χ4n) is 1.73. The topological polar surface area (TPSA) is 53.6 Å². The summed E-state index contributed by atoms with van der Waals surface area (Å²) in [5.74, 6) is 0.760. The van der Waals surface area contributed by atoms with Gasteiger partial charge in [0.2, 0.25) is 0 Å². The third-order valence-corrected chi connectivity index (χ3v) is 2.72. The third-order valence-electron chi connectivity index (χ3n) is 2.72. The van der Waals surface area contributed by atoms with E-state index in [9.17, 15) is 4.39 Å². The summed E-state index contributed by atoms with van der Waals surface area (Å²) in [5, 5.41) is 3.06. The Bertz CT molecular complexity index is 461. The van der Waals surface area contributed by atoms with E-state index in [1.807, 2.05) is 25.1 Å². The van der Waals surface area contributed by atoms with Crippen molar-refractivity contribution < 1.29 is 4.39 Å². The van der Waals surface area contributed by atoms with Gasteiger partial charge in [0, 0.05) is 18.7 Å². The van der Waals surface area contributed by atoms with E-state index in [1.54, 1.807) is 6.07 Å². The molecule has 1 rings (SSSR count). The number of benzene rings is 1. The fourth-order valence-corrected chi connectivity index (χ4v) is 1.73. The summed E-state index contributed by atoms with van der Waals surface area (Å²) in [6.45, 7) is 6.04. The predicted molar refractivity (Wildman–Crippen MR) is 97.4 cm³/mol. The molecule has 3 N–H and O–H groups in total. The highest BCUT2D eigenvalue weighted by atomic mass is 127. The van der Waals surface area contributed by atoms with Crippen molar-refractivity contribution in [3.05, 3.63) is 35.1 Å². The smallest absolute Gasteiger partial charge is 0.188 e. The number of nitrogens with zero attached hydrogens (tertiary/aromatic N) is 2. The zero-order valence-corrected chi connectivity index (χ0v) is 15.5. The largest absolute Gasteiger partial charge is 0.370 e. The lowest BCUT2D eigenvalue weighted by Crippen LogP contribution is -2.34. The van der Waals surface area contributed by atoms with Gasteiger partial charge in [-0.25, -0.2) is 9.38 Å². The molecular formula is C15H26FIN4. The number of aliphatic imine (C=N–C) groups is 1. The summed E-state index contributed by atoms with van der Waals surface area (Å²) in [6.07, 6.45) is 0. The van der Waals surface area contributed by atoms with Crippen molar-refractivity contribution in [2.24, 2.45) is 16.6 Å². The summed E-state index contributed by atoms with van der Waals surface area (Å²) in [5.41, 5.74) is 7.41. The number of hydrogen-bond donors (Lipinski definition) is 2. The van der Waals surface area contributed by atoms with Crippen LogP contribution < -0.4 is 11.1 Å². The molecule has 0 aliphatic heterocycles. The number of hydrogen-bond acceptors (Lipinski definition) is 2. The van der Waals surface area contributed by atoms with Crippen molar-refractivity contribution in [2.45, 2.75) is 26.9 Å². The van der Waals surface area contributed by atoms with Crippen LogP contribution in [0.25, 0.3) is 0 Å². The Morgan fingerprint density at radius 2 is 2.05 bits per heavy atom. The van der Waals surface area contributed by atoms with E-state index in [4.69, 9.17) is 5.73 Å². The second-order valence-corrected chi connectivity index (χ2v) is 5.64. The highest BCUT2D eigenvalue weighted by molar-refractivity contribution is 14.0. The molecule has 0 atom stereocenters. The van der Waals surface area contributed by atoms with Crippen molar-refractivity contribution in [1.82, 2.24) is 10.2 Å². The summed E-state index contributed by atoms with van der Waals surface area (Å²) < 4.78 is 13.6. The van der Waals surface area contributed by atoms with Gasteiger partial charge in [0.1, 0.15) is 5.82 Å². The number of nitrogens with two attached hydrogens (primary N) is 1. The van der Waals surface area contributed by atoms with E-state index in [-0.39, 0.29) is 29.8 Å². The van der Waals surface area contributed by atoms with Crippen molar-refractivity contribution in [3.63, 3.8) is 0 Å². The van der Waals surface area contributed by atoms with E-state index in [1.165, 1.54) is 6.07 Å². The summed E-state index contributed by atoms with van der Waals surface area (Å²) in [4.78, 5) is 6.20. The highest BCUT2D eigenvalue weighted by Crippen LogP contribution is 2.13. The molecule has 0 spiro atoms. The van der Waals surface area contributed by atoms with E-state index in [0.717, 1.165) is 12.1 Å². The maximum absolute atomic E-state index is 13.6. The van der Waals surface area contributed by atoms with Crippen molar-refractivity contribution in [3.8, 4) is 0 Å². The third kappa shape index (κ3) is 8.21. The van der Waals surface area contributed by atoms with Gasteiger partial charge in [0.05, 0.1) is 6.54 Å². The first kappa shape index (κ1) is 20.1.